The summed E-state index contributed by atoms with van der Waals surface area (Å²) >= 11 is 0. The number of ether oxygens (including phenoxy) is 1. The third-order valence-corrected chi connectivity index (χ3v) is 8.07. The van der Waals surface area contributed by atoms with Crippen LogP contribution < -0.4 is 10.1 Å². The van der Waals surface area contributed by atoms with Gasteiger partial charge in [0.05, 0.1) is 23.0 Å². The molecule has 0 aliphatic carbocycles. The molecule has 1 fully saturated rings. The molecule has 182 valence electrons. The van der Waals surface area contributed by atoms with Gasteiger partial charge in [-0.3, -0.25) is 4.79 Å². The quantitative estimate of drug-likeness (QED) is 0.476. The molecule has 1 aliphatic heterocycles. The van der Waals surface area contributed by atoms with E-state index in [1.165, 1.54) is 0 Å². The zero-order valence-electron chi connectivity index (χ0n) is 19.8. The van der Waals surface area contributed by atoms with Gasteiger partial charge in [-0.1, -0.05) is 19.1 Å². The number of fused-ring (bicyclic) bond motifs is 1. The molecule has 1 amide bonds. The van der Waals surface area contributed by atoms with E-state index in [0.717, 1.165) is 48.5 Å². The predicted octanol–water partition coefficient (Wildman–Crippen LogP) is 3.49. The highest BCUT2D eigenvalue weighted by atomic mass is 32.2. The van der Waals surface area contributed by atoms with Crippen LogP contribution in [-0.4, -0.2) is 48.4 Å². The number of hydrogen-bond acceptors (Lipinski definition) is 5. The summed E-state index contributed by atoms with van der Waals surface area (Å²) in [5.74, 6) is 1.52. The molecule has 9 heteroatoms. The van der Waals surface area contributed by atoms with E-state index in [0.29, 0.717) is 38.0 Å². The van der Waals surface area contributed by atoms with Crippen LogP contribution in [0.4, 0.5) is 0 Å². The third-order valence-electron chi connectivity index (χ3n) is 6.17. The highest BCUT2D eigenvalue weighted by Gasteiger charge is 2.27. The van der Waals surface area contributed by atoms with E-state index in [9.17, 15) is 13.2 Å². The van der Waals surface area contributed by atoms with E-state index in [-0.39, 0.29) is 10.8 Å². The Morgan fingerprint density at radius 1 is 1.12 bits per heavy atom. The number of amides is 1. The lowest BCUT2D eigenvalue weighted by Crippen LogP contribution is -2.27. The largest absolute Gasteiger partial charge is 0.497 e. The number of hydrogen-bond donors (Lipinski definition) is 1. The minimum Gasteiger partial charge on any atom is -0.497 e. The Morgan fingerprint density at radius 2 is 1.85 bits per heavy atom. The molecule has 3 aromatic rings. The fraction of sp³-hybridized carbons (Fsp3) is 0.440. The molecule has 0 radical (unpaired) electrons. The van der Waals surface area contributed by atoms with Gasteiger partial charge in [0.1, 0.15) is 11.6 Å². The average molecular weight is 485 g/mol. The fourth-order valence-electron chi connectivity index (χ4n) is 4.32. The summed E-state index contributed by atoms with van der Waals surface area (Å²) in [7, 11) is -1.88. The summed E-state index contributed by atoms with van der Waals surface area (Å²) in [6, 6.07) is 12.8. The number of aryl methyl sites for hydroxylation is 2. The molecule has 1 aromatic heterocycles. The second-order valence-electron chi connectivity index (χ2n) is 8.57. The van der Waals surface area contributed by atoms with Gasteiger partial charge in [-0.05, 0) is 55.2 Å². The van der Waals surface area contributed by atoms with Crippen LogP contribution in [0, 0.1) is 0 Å². The standard InChI is InChI=1S/C25H32N4O4S/c1-3-14-29-23-11-10-21(34(31,32)28-15-4-5-16-28)17-22(23)27-24(29)12-13-25(30)26-18-19-6-8-20(33-2)9-7-19/h6-11,17H,3-5,12-16,18H2,1-2H3,(H,26,30). The summed E-state index contributed by atoms with van der Waals surface area (Å²) in [6.45, 7) is 4.44. The molecule has 0 spiro atoms. The number of rotatable bonds is 10. The number of carbonyl (C=O) groups is 1. The van der Waals surface area contributed by atoms with E-state index < -0.39 is 10.0 Å². The van der Waals surface area contributed by atoms with Crippen molar-refractivity contribution in [3.05, 3.63) is 53.9 Å². The maximum Gasteiger partial charge on any atom is 0.243 e. The number of imidazole rings is 1. The van der Waals surface area contributed by atoms with E-state index in [1.54, 1.807) is 23.5 Å². The first-order chi connectivity index (χ1) is 16.4. The van der Waals surface area contributed by atoms with Crippen molar-refractivity contribution in [1.82, 2.24) is 19.2 Å². The molecular weight excluding hydrogens is 452 g/mol. The van der Waals surface area contributed by atoms with E-state index in [1.807, 2.05) is 30.3 Å². The van der Waals surface area contributed by atoms with Crippen molar-refractivity contribution in [2.75, 3.05) is 20.2 Å². The molecule has 1 aliphatic rings. The molecule has 8 nitrogen and oxygen atoms in total. The molecule has 1 N–H and O–H groups in total. The Kier molecular flexibility index (Phi) is 7.53. The van der Waals surface area contributed by atoms with Crippen LogP contribution in [0.25, 0.3) is 11.0 Å². The third kappa shape index (κ3) is 5.26. The van der Waals surface area contributed by atoms with E-state index in [4.69, 9.17) is 9.72 Å². The fourth-order valence-corrected chi connectivity index (χ4v) is 5.86. The molecule has 0 bridgehead atoms. The molecular formula is C25H32N4O4S. The van der Waals surface area contributed by atoms with Crippen molar-refractivity contribution in [3.63, 3.8) is 0 Å². The van der Waals surface area contributed by atoms with Crippen molar-refractivity contribution >= 4 is 27.0 Å². The smallest absolute Gasteiger partial charge is 0.243 e. The first-order valence-electron chi connectivity index (χ1n) is 11.8. The SMILES string of the molecule is CCCn1c(CCC(=O)NCc2ccc(OC)cc2)nc2cc(S(=O)(=O)N3CCCC3)ccc21. The van der Waals surface area contributed by atoms with Crippen LogP contribution >= 0.6 is 0 Å². The predicted molar refractivity (Wildman–Crippen MR) is 131 cm³/mol. The number of carbonyl (C=O) groups excluding carboxylic acids is 1. The molecule has 0 saturated carbocycles. The minimum absolute atomic E-state index is 0.0526. The number of nitrogens with zero attached hydrogens (tertiary/aromatic N) is 3. The number of sulfonamides is 1. The Labute approximate surface area is 201 Å². The first kappa shape index (κ1) is 24.2. The van der Waals surface area contributed by atoms with Crippen LogP contribution in [0.1, 0.15) is 44.0 Å². The van der Waals surface area contributed by atoms with Gasteiger partial charge in [0.15, 0.2) is 0 Å². The lowest BCUT2D eigenvalue weighted by Gasteiger charge is -2.15. The van der Waals surface area contributed by atoms with E-state index in [2.05, 4.69) is 16.8 Å². The van der Waals surface area contributed by atoms with Gasteiger partial charge in [0, 0.05) is 39.0 Å². The number of aromatic nitrogens is 2. The number of benzene rings is 2. The van der Waals surface area contributed by atoms with Gasteiger partial charge >= 0.3 is 0 Å². The maximum absolute atomic E-state index is 13.0. The summed E-state index contributed by atoms with van der Waals surface area (Å²) in [4.78, 5) is 17.5. The lowest BCUT2D eigenvalue weighted by molar-refractivity contribution is -0.121. The van der Waals surface area contributed by atoms with E-state index >= 15 is 0 Å². The van der Waals surface area contributed by atoms with Gasteiger partial charge < -0.3 is 14.6 Å². The van der Waals surface area contributed by atoms with Crippen LogP contribution in [0.3, 0.4) is 0 Å². The second-order valence-corrected chi connectivity index (χ2v) is 10.5. The zero-order chi connectivity index (χ0) is 24.1. The summed E-state index contributed by atoms with van der Waals surface area (Å²) in [5.41, 5.74) is 2.55. The van der Waals surface area contributed by atoms with Gasteiger partial charge in [0.25, 0.3) is 0 Å². The van der Waals surface area contributed by atoms with Gasteiger partial charge in [-0.2, -0.15) is 4.31 Å². The summed E-state index contributed by atoms with van der Waals surface area (Å²) in [5, 5.41) is 2.95. The van der Waals surface area contributed by atoms with Crippen molar-refractivity contribution in [2.24, 2.45) is 0 Å². The van der Waals surface area contributed by atoms with Crippen molar-refractivity contribution < 1.29 is 17.9 Å². The van der Waals surface area contributed by atoms with Gasteiger partial charge in [-0.25, -0.2) is 13.4 Å². The normalized spacial score (nSPS) is 14.5. The van der Waals surface area contributed by atoms with Crippen molar-refractivity contribution in [3.8, 4) is 5.75 Å². The van der Waals surface area contributed by atoms with Crippen molar-refractivity contribution in [1.29, 1.82) is 0 Å². The average Bonchev–Trinajstić information content (AvgIpc) is 3.51. The highest BCUT2D eigenvalue weighted by molar-refractivity contribution is 7.89. The molecule has 1 saturated heterocycles. The van der Waals surface area contributed by atoms with Crippen LogP contribution in [-0.2, 0) is 34.3 Å². The molecule has 34 heavy (non-hydrogen) atoms. The molecule has 2 aromatic carbocycles. The Balaban J connectivity index is 1.46. The summed E-state index contributed by atoms with van der Waals surface area (Å²) < 4.78 is 34.7. The Hall–Kier alpha value is -2.91. The van der Waals surface area contributed by atoms with Crippen LogP contribution in [0.15, 0.2) is 47.4 Å². The maximum atomic E-state index is 13.0. The first-order valence-corrected chi connectivity index (χ1v) is 13.3. The summed E-state index contributed by atoms with van der Waals surface area (Å²) in [6.07, 6.45) is 3.50. The van der Waals surface area contributed by atoms with Gasteiger partial charge in [-0.15, -0.1) is 0 Å². The van der Waals surface area contributed by atoms with Crippen molar-refractivity contribution in [2.45, 2.75) is 57.0 Å². The van der Waals surface area contributed by atoms with Crippen LogP contribution in [0.5, 0.6) is 5.75 Å². The molecule has 4 rings (SSSR count). The molecule has 0 atom stereocenters. The molecule has 2 heterocycles. The molecule has 0 unspecified atom stereocenters. The van der Waals surface area contributed by atoms with Gasteiger partial charge in [0.2, 0.25) is 15.9 Å². The Bertz CT molecular complexity index is 1250. The monoisotopic (exact) mass is 484 g/mol. The highest BCUT2D eigenvalue weighted by Crippen LogP contribution is 2.26. The second kappa shape index (κ2) is 10.6. The minimum atomic E-state index is -3.50. The lowest BCUT2D eigenvalue weighted by atomic mass is 10.2. The van der Waals surface area contributed by atoms with Crippen LogP contribution in [0.2, 0.25) is 0 Å². The number of methoxy groups -OCH3 is 1. The number of nitrogens with one attached hydrogen (secondary N) is 1. The topological polar surface area (TPSA) is 93.5 Å². The zero-order valence-corrected chi connectivity index (χ0v) is 20.6. The Morgan fingerprint density at radius 3 is 2.53 bits per heavy atom.